The van der Waals surface area contributed by atoms with E-state index in [4.69, 9.17) is 4.52 Å². The minimum absolute atomic E-state index is 0.0507. The molecule has 2 N–H and O–H groups in total. The minimum atomic E-state index is -0.493. The number of carbonyl (C=O) groups excluding carboxylic acids is 2. The summed E-state index contributed by atoms with van der Waals surface area (Å²) < 4.78 is 5.22. The van der Waals surface area contributed by atoms with E-state index in [9.17, 15) is 9.59 Å². The van der Waals surface area contributed by atoms with Gasteiger partial charge in [-0.25, -0.2) is 4.79 Å². The van der Waals surface area contributed by atoms with Gasteiger partial charge in [-0.15, -0.1) is 0 Å². The highest BCUT2D eigenvalue weighted by atomic mass is 16.5. The van der Waals surface area contributed by atoms with Crippen LogP contribution >= 0.6 is 0 Å². The van der Waals surface area contributed by atoms with E-state index < -0.39 is 12.1 Å². The molecule has 0 spiro atoms. The molecule has 0 unspecified atom stereocenters. The predicted octanol–water partition coefficient (Wildman–Crippen LogP) is 2.47. The average Bonchev–Trinajstić information content (AvgIpc) is 3.16. The summed E-state index contributed by atoms with van der Waals surface area (Å²) in [5.41, 5.74) is 0.872. The highest BCUT2D eigenvalue weighted by molar-refractivity contribution is 5.94. The number of nitrogens with one attached hydrogen (secondary N) is 2. The quantitative estimate of drug-likeness (QED) is 0.902. The number of anilines is 1. The summed E-state index contributed by atoms with van der Waals surface area (Å²) in [4.78, 5) is 26.0. The molecular formula is C17H20N4O3. The third kappa shape index (κ3) is 3.40. The highest BCUT2D eigenvalue weighted by Crippen LogP contribution is 2.22. The Balaban J connectivity index is 1.58. The van der Waals surface area contributed by atoms with Crippen LogP contribution in [-0.4, -0.2) is 40.6 Å². The SMILES string of the molecule is CC(C)N1CC[C@H](NC(=O)Nc2cc(-c3ccccc3)on2)C1=O. The monoisotopic (exact) mass is 328 g/mol. The highest BCUT2D eigenvalue weighted by Gasteiger charge is 2.34. The fourth-order valence-electron chi connectivity index (χ4n) is 2.73. The van der Waals surface area contributed by atoms with Crippen molar-refractivity contribution in [1.29, 1.82) is 0 Å². The van der Waals surface area contributed by atoms with Gasteiger partial charge in [0.1, 0.15) is 6.04 Å². The van der Waals surface area contributed by atoms with Crippen molar-refractivity contribution in [2.24, 2.45) is 0 Å². The molecule has 1 aliphatic heterocycles. The zero-order valence-electron chi connectivity index (χ0n) is 13.7. The van der Waals surface area contributed by atoms with E-state index in [-0.39, 0.29) is 11.9 Å². The maximum Gasteiger partial charge on any atom is 0.321 e. The van der Waals surface area contributed by atoms with Gasteiger partial charge in [-0.1, -0.05) is 35.5 Å². The minimum Gasteiger partial charge on any atom is -0.354 e. The number of hydrogen-bond acceptors (Lipinski definition) is 4. The Hall–Kier alpha value is -2.83. The molecule has 7 heteroatoms. The molecule has 24 heavy (non-hydrogen) atoms. The normalized spacial score (nSPS) is 17.4. The fourth-order valence-corrected chi connectivity index (χ4v) is 2.73. The first-order valence-electron chi connectivity index (χ1n) is 7.94. The molecule has 126 valence electrons. The standard InChI is InChI=1S/C17H20N4O3/c1-11(2)21-9-8-13(16(21)22)18-17(23)19-15-10-14(24-20-15)12-6-4-3-5-7-12/h3-7,10-11,13H,8-9H2,1-2H3,(H2,18,19,20,23)/t13-/m0/s1. The molecule has 1 saturated heterocycles. The number of aromatic nitrogens is 1. The van der Waals surface area contributed by atoms with Gasteiger partial charge in [-0.3, -0.25) is 10.1 Å². The summed E-state index contributed by atoms with van der Waals surface area (Å²) in [5, 5.41) is 9.11. The van der Waals surface area contributed by atoms with Crippen LogP contribution in [0.1, 0.15) is 20.3 Å². The number of hydrogen-bond donors (Lipinski definition) is 2. The number of nitrogens with zero attached hydrogens (tertiary/aromatic N) is 2. The molecule has 0 aliphatic carbocycles. The Kier molecular flexibility index (Phi) is 4.50. The smallest absolute Gasteiger partial charge is 0.321 e. The van der Waals surface area contributed by atoms with Crippen molar-refractivity contribution in [2.75, 3.05) is 11.9 Å². The van der Waals surface area contributed by atoms with Gasteiger partial charge in [0.05, 0.1) is 0 Å². The molecule has 1 fully saturated rings. The fraction of sp³-hybridized carbons (Fsp3) is 0.353. The first-order chi connectivity index (χ1) is 11.5. The van der Waals surface area contributed by atoms with Crippen LogP contribution in [0.4, 0.5) is 10.6 Å². The molecule has 2 heterocycles. The van der Waals surface area contributed by atoms with Crippen molar-refractivity contribution < 1.29 is 14.1 Å². The van der Waals surface area contributed by atoms with Crippen LogP contribution in [0.2, 0.25) is 0 Å². The van der Waals surface area contributed by atoms with E-state index in [2.05, 4.69) is 15.8 Å². The van der Waals surface area contributed by atoms with Gasteiger partial charge in [-0.2, -0.15) is 0 Å². The van der Waals surface area contributed by atoms with Crippen LogP contribution in [0.15, 0.2) is 40.9 Å². The summed E-state index contributed by atoms with van der Waals surface area (Å²) in [7, 11) is 0. The van der Waals surface area contributed by atoms with Crippen molar-refractivity contribution >= 4 is 17.8 Å². The molecule has 1 aromatic heterocycles. The van der Waals surface area contributed by atoms with Gasteiger partial charge >= 0.3 is 6.03 Å². The lowest BCUT2D eigenvalue weighted by Gasteiger charge is -2.21. The van der Waals surface area contributed by atoms with Gasteiger partial charge in [0.15, 0.2) is 11.6 Å². The summed E-state index contributed by atoms with van der Waals surface area (Å²) in [6.07, 6.45) is 0.610. The molecule has 0 saturated carbocycles. The summed E-state index contributed by atoms with van der Waals surface area (Å²) in [5.74, 6) is 0.816. The second-order valence-electron chi connectivity index (χ2n) is 6.01. The molecule has 2 aromatic rings. The summed E-state index contributed by atoms with van der Waals surface area (Å²) >= 11 is 0. The molecule has 1 atom stereocenters. The van der Waals surface area contributed by atoms with Crippen LogP contribution in [0.3, 0.4) is 0 Å². The van der Waals surface area contributed by atoms with Crippen molar-refractivity contribution in [1.82, 2.24) is 15.4 Å². The van der Waals surface area contributed by atoms with Crippen molar-refractivity contribution in [3.8, 4) is 11.3 Å². The molecular weight excluding hydrogens is 308 g/mol. The third-order valence-electron chi connectivity index (χ3n) is 3.98. The van der Waals surface area contributed by atoms with Crippen LogP contribution in [0.5, 0.6) is 0 Å². The van der Waals surface area contributed by atoms with Gasteiger partial charge in [0, 0.05) is 24.2 Å². The lowest BCUT2D eigenvalue weighted by molar-refractivity contribution is -0.130. The van der Waals surface area contributed by atoms with Crippen LogP contribution in [0.25, 0.3) is 11.3 Å². The largest absolute Gasteiger partial charge is 0.354 e. The molecule has 3 amide bonds. The van der Waals surface area contributed by atoms with Gasteiger partial charge in [0.25, 0.3) is 0 Å². The first-order valence-corrected chi connectivity index (χ1v) is 7.94. The molecule has 1 aromatic carbocycles. The molecule has 3 rings (SSSR count). The van der Waals surface area contributed by atoms with Crippen molar-refractivity contribution in [2.45, 2.75) is 32.4 Å². The molecule has 0 bridgehead atoms. The number of benzene rings is 1. The Morgan fingerprint density at radius 2 is 2.08 bits per heavy atom. The van der Waals surface area contributed by atoms with E-state index in [1.807, 2.05) is 44.2 Å². The Morgan fingerprint density at radius 1 is 1.33 bits per heavy atom. The number of amides is 3. The van der Waals surface area contributed by atoms with Gasteiger partial charge in [0.2, 0.25) is 5.91 Å². The third-order valence-corrected chi connectivity index (χ3v) is 3.98. The first kappa shape index (κ1) is 16.0. The lowest BCUT2D eigenvalue weighted by Crippen LogP contribution is -2.44. The number of likely N-dealkylation sites (tertiary alicyclic amines) is 1. The lowest BCUT2D eigenvalue weighted by atomic mass is 10.2. The number of urea groups is 1. The second kappa shape index (κ2) is 6.74. The van der Waals surface area contributed by atoms with E-state index >= 15 is 0 Å². The zero-order valence-corrected chi connectivity index (χ0v) is 13.7. The maximum atomic E-state index is 12.2. The topological polar surface area (TPSA) is 87.5 Å². The Morgan fingerprint density at radius 3 is 2.75 bits per heavy atom. The van der Waals surface area contributed by atoms with Gasteiger partial charge in [-0.05, 0) is 20.3 Å². The van der Waals surface area contributed by atoms with Crippen LogP contribution in [-0.2, 0) is 4.79 Å². The average molecular weight is 328 g/mol. The maximum absolute atomic E-state index is 12.2. The molecule has 0 radical (unpaired) electrons. The second-order valence-corrected chi connectivity index (χ2v) is 6.01. The Labute approximate surface area is 140 Å². The molecule has 7 nitrogen and oxygen atoms in total. The zero-order chi connectivity index (χ0) is 17.1. The van der Waals surface area contributed by atoms with Crippen molar-refractivity contribution in [3.63, 3.8) is 0 Å². The summed E-state index contributed by atoms with van der Waals surface area (Å²) in [6, 6.07) is 10.3. The van der Waals surface area contributed by atoms with E-state index in [0.29, 0.717) is 24.5 Å². The predicted molar refractivity (Wildman–Crippen MR) is 89.3 cm³/mol. The van der Waals surface area contributed by atoms with Crippen molar-refractivity contribution in [3.05, 3.63) is 36.4 Å². The van der Waals surface area contributed by atoms with E-state index in [1.54, 1.807) is 11.0 Å². The van der Waals surface area contributed by atoms with Gasteiger partial charge < -0.3 is 14.7 Å². The Bertz CT molecular complexity index is 726. The van der Waals surface area contributed by atoms with Crippen LogP contribution < -0.4 is 10.6 Å². The number of carbonyl (C=O) groups is 2. The number of rotatable bonds is 4. The van der Waals surface area contributed by atoms with Crippen LogP contribution in [0, 0.1) is 0 Å². The van der Waals surface area contributed by atoms with E-state index in [1.165, 1.54) is 0 Å². The molecule has 1 aliphatic rings. The van der Waals surface area contributed by atoms with E-state index in [0.717, 1.165) is 5.56 Å². The summed E-state index contributed by atoms with van der Waals surface area (Å²) in [6.45, 7) is 4.57.